The van der Waals surface area contributed by atoms with E-state index in [0.717, 1.165) is 5.56 Å². The average Bonchev–Trinajstić information content (AvgIpc) is 2.41. The van der Waals surface area contributed by atoms with Crippen molar-refractivity contribution in [2.24, 2.45) is 0 Å². The number of nitrogens with one attached hydrogen (secondary N) is 2. The Morgan fingerprint density at radius 1 is 1.32 bits per heavy atom. The van der Waals surface area contributed by atoms with Crippen LogP contribution in [0, 0.1) is 0 Å². The topological polar surface area (TPSA) is 87.7 Å². The standard InChI is InChI=1S/C13H14N2O4/c1-7-10(8-3-5-9(16)6-4-8)14-13(18)15-11(7)12(17)19-2/h3-6,10,16H,1-2H3,(H2,14,15,18). The molecule has 0 aliphatic carbocycles. The van der Waals surface area contributed by atoms with Crippen LogP contribution in [0.4, 0.5) is 4.79 Å². The van der Waals surface area contributed by atoms with Gasteiger partial charge in [-0.2, -0.15) is 0 Å². The molecule has 0 bridgehead atoms. The van der Waals surface area contributed by atoms with E-state index in [2.05, 4.69) is 15.4 Å². The summed E-state index contributed by atoms with van der Waals surface area (Å²) in [6.45, 7) is 1.73. The minimum Gasteiger partial charge on any atom is -0.508 e. The molecule has 1 aliphatic rings. The number of amides is 2. The van der Waals surface area contributed by atoms with E-state index in [1.165, 1.54) is 19.2 Å². The maximum Gasteiger partial charge on any atom is 0.354 e. The van der Waals surface area contributed by atoms with Gasteiger partial charge in [-0.15, -0.1) is 0 Å². The molecule has 0 spiro atoms. The van der Waals surface area contributed by atoms with E-state index < -0.39 is 18.0 Å². The van der Waals surface area contributed by atoms with E-state index in [1.54, 1.807) is 19.1 Å². The summed E-state index contributed by atoms with van der Waals surface area (Å²) in [4.78, 5) is 23.2. The number of rotatable bonds is 2. The van der Waals surface area contributed by atoms with Gasteiger partial charge in [0.2, 0.25) is 0 Å². The van der Waals surface area contributed by atoms with Crippen LogP contribution in [0.5, 0.6) is 5.75 Å². The molecule has 1 heterocycles. The van der Waals surface area contributed by atoms with Crippen LogP contribution < -0.4 is 10.6 Å². The van der Waals surface area contributed by atoms with Gasteiger partial charge in [-0.1, -0.05) is 12.1 Å². The summed E-state index contributed by atoms with van der Waals surface area (Å²) in [6, 6.07) is 5.52. The molecule has 6 nitrogen and oxygen atoms in total. The fourth-order valence-corrected chi connectivity index (χ4v) is 1.95. The van der Waals surface area contributed by atoms with Crippen LogP contribution >= 0.6 is 0 Å². The molecule has 19 heavy (non-hydrogen) atoms. The number of esters is 1. The van der Waals surface area contributed by atoms with Crippen molar-refractivity contribution in [2.45, 2.75) is 13.0 Å². The van der Waals surface area contributed by atoms with Crippen molar-refractivity contribution >= 4 is 12.0 Å². The lowest BCUT2D eigenvalue weighted by Crippen LogP contribution is -2.45. The Morgan fingerprint density at radius 3 is 2.53 bits per heavy atom. The first-order valence-electron chi connectivity index (χ1n) is 5.68. The molecule has 2 amide bonds. The number of aromatic hydroxyl groups is 1. The minimum absolute atomic E-state index is 0.138. The molecule has 1 aliphatic heterocycles. The molecule has 100 valence electrons. The number of methoxy groups -OCH3 is 1. The van der Waals surface area contributed by atoms with E-state index >= 15 is 0 Å². The van der Waals surface area contributed by atoms with E-state index in [4.69, 9.17) is 0 Å². The number of carbonyl (C=O) groups excluding carboxylic acids is 2. The van der Waals surface area contributed by atoms with E-state index in [9.17, 15) is 14.7 Å². The normalized spacial score (nSPS) is 18.6. The number of urea groups is 1. The molecule has 1 aromatic carbocycles. The summed E-state index contributed by atoms with van der Waals surface area (Å²) in [6.07, 6.45) is 0. The van der Waals surface area contributed by atoms with Crippen molar-refractivity contribution in [3.05, 3.63) is 41.1 Å². The second-order valence-corrected chi connectivity index (χ2v) is 4.17. The van der Waals surface area contributed by atoms with Gasteiger partial charge < -0.3 is 20.5 Å². The Morgan fingerprint density at radius 2 is 1.95 bits per heavy atom. The molecule has 6 heteroatoms. The van der Waals surface area contributed by atoms with E-state index in [-0.39, 0.29) is 11.4 Å². The van der Waals surface area contributed by atoms with Gasteiger partial charge in [0.25, 0.3) is 0 Å². The van der Waals surface area contributed by atoms with Crippen LogP contribution in [0.1, 0.15) is 18.5 Å². The van der Waals surface area contributed by atoms with Crippen molar-refractivity contribution in [2.75, 3.05) is 7.11 Å². The summed E-state index contributed by atoms with van der Waals surface area (Å²) < 4.78 is 4.63. The Balaban J connectivity index is 2.41. The van der Waals surface area contributed by atoms with Crippen LogP contribution in [-0.2, 0) is 9.53 Å². The molecule has 1 atom stereocenters. The zero-order chi connectivity index (χ0) is 14.0. The number of phenolic OH excluding ortho intramolecular Hbond substituents is 1. The number of hydrogen-bond donors (Lipinski definition) is 3. The van der Waals surface area contributed by atoms with Gasteiger partial charge in [0.05, 0.1) is 13.2 Å². The molecular formula is C13H14N2O4. The molecule has 0 aromatic heterocycles. The number of hydrogen-bond acceptors (Lipinski definition) is 4. The van der Waals surface area contributed by atoms with Crippen LogP contribution in [0.15, 0.2) is 35.5 Å². The fourth-order valence-electron chi connectivity index (χ4n) is 1.95. The smallest absolute Gasteiger partial charge is 0.354 e. The predicted molar refractivity (Wildman–Crippen MR) is 67.2 cm³/mol. The summed E-state index contributed by atoms with van der Waals surface area (Å²) in [5.74, 6) is -0.449. The third-order valence-electron chi connectivity index (χ3n) is 2.96. The highest BCUT2D eigenvalue weighted by atomic mass is 16.5. The summed E-state index contributed by atoms with van der Waals surface area (Å²) in [5, 5.41) is 14.4. The first-order chi connectivity index (χ1) is 9.02. The maximum atomic E-state index is 11.6. The van der Waals surface area contributed by atoms with Gasteiger partial charge in [-0.25, -0.2) is 9.59 Å². The maximum absolute atomic E-state index is 11.6. The van der Waals surface area contributed by atoms with Crippen LogP contribution in [0.3, 0.4) is 0 Å². The van der Waals surface area contributed by atoms with Gasteiger partial charge in [0, 0.05) is 0 Å². The predicted octanol–water partition coefficient (Wildman–Crippen LogP) is 1.19. The van der Waals surface area contributed by atoms with Crippen molar-refractivity contribution in [3.63, 3.8) is 0 Å². The molecule has 1 aromatic rings. The van der Waals surface area contributed by atoms with E-state index in [0.29, 0.717) is 5.57 Å². The second kappa shape index (κ2) is 5.01. The highest BCUT2D eigenvalue weighted by molar-refractivity contribution is 5.96. The minimum atomic E-state index is -0.587. The monoisotopic (exact) mass is 262 g/mol. The van der Waals surface area contributed by atoms with Crippen molar-refractivity contribution in [1.29, 1.82) is 0 Å². The number of benzene rings is 1. The lowest BCUT2D eigenvalue weighted by atomic mass is 9.96. The first-order valence-corrected chi connectivity index (χ1v) is 5.68. The second-order valence-electron chi connectivity index (χ2n) is 4.17. The Hall–Kier alpha value is -2.50. The number of carbonyl (C=O) groups is 2. The van der Waals surface area contributed by atoms with Gasteiger partial charge in [0.1, 0.15) is 11.4 Å². The van der Waals surface area contributed by atoms with Crippen molar-refractivity contribution in [1.82, 2.24) is 10.6 Å². The van der Waals surface area contributed by atoms with E-state index in [1.807, 2.05) is 0 Å². The highest BCUT2D eigenvalue weighted by Gasteiger charge is 2.29. The van der Waals surface area contributed by atoms with Gasteiger partial charge in [-0.05, 0) is 30.2 Å². The van der Waals surface area contributed by atoms with Crippen molar-refractivity contribution < 1.29 is 19.4 Å². The molecule has 2 rings (SSSR count). The number of ether oxygens (including phenoxy) is 1. The van der Waals surface area contributed by atoms with Crippen molar-refractivity contribution in [3.8, 4) is 5.75 Å². The van der Waals surface area contributed by atoms with Gasteiger partial charge in [0.15, 0.2) is 0 Å². The average molecular weight is 262 g/mol. The summed E-state index contributed by atoms with van der Waals surface area (Å²) in [5.41, 5.74) is 1.56. The summed E-state index contributed by atoms with van der Waals surface area (Å²) in [7, 11) is 1.26. The molecular weight excluding hydrogens is 248 g/mol. The molecule has 0 saturated carbocycles. The lowest BCUT2D eigenvalue weighted by molar-refractivity contribution is -0.136. The quantitative estimate of drug-likeness (QED) is 0.699. The third kappa shape index (κ3) is 2.52. The largest absolute Gasteiger partial charge is 0.508 e. The molecule has 0 radical (unpaired) electrons. The van der Waals surface area contributed by atoms with Crippen LogP contribution in [0.25, 0.3) is 0 Å². The molecule has 1 unspecified atom stereocenters. The summed E-state index contributed by atoms with van der Waals surface area (Å²) >= 11 is 0. The SMILES string of the molecule is COC(=O)C1=C(C)C(c2ccc(O)cc2)NC(=O)N1. The zero-order valence-electron chi connectivity index (χ0n) is 10.6. The van der Waals surface area contributed by atoms with Crippen LogP contribution in [0.2, 0.25) is 0 Å². The van der Waals surface area contributed by atoms with Crippen LogP contribution in [-0.4, -0.2) is 24.2 Å². The highest BCUT2D eigenvalue weighted by Crippen LogP contribution is 2.27. The Kier molecular flexibility index (Phi) is 3.41. The Labute approximate surface area is 110 Å². The molecule has 0 fully saturated rings. The first kappa shape index (κ1) is 12.9. The zero-order valence-corrected chi connectivity index (χ0v) is 10.6. The molecule has 3 N–H and O–H groups in total. The number of phenols is 1. The fraction of sp³-hybridized carbons (Fsp3) is 0.231. The third-order valence-corrected chi connectivity index (χ3v) is 2.96. The van der Waals surface area contributed by atoms with Gasteiger partial charge >= 0.3 is 12.0 Å². The Bertz CT molecular complexity index is 548. The molecule has 0 saturated heterocycles. The lowest BCUT2D eigenvalue weighted by Gasteiger charge is -2.27. The van der Waals surface area contributed by atoms with Gasteiger partial charge in [-0.3, -0.25) is 0 Å².